The molecule has 2 rings (SSSR count). The molecule has 2 aromatic rings. The molecular formula is C19H23FN2O2. The first-order valence-corrected chi connectivity index (χ1v) is 7.80. The van der Waals surface area contributed by atoms with Crippen molar-refractivity contribution in [2.75, 3.05) is 19.0 Å². The maximum absolute atomic E-state index is 13.9. The Morgan fingerprint density at radius 3 is 2.46 bits per heavy atom. The summed E-state index contributed by atoms with van der Waals surface area (Å²) in [6, 6.07) is 13.9. The van der Waals surface area contributed by atoms with E-state index in [0.29, 0.717) is 16.8 Å². The third kappa shape index (κ3) is 4.55. The summed E-state index contributed by atoms with van der Waals surface area (Å²) in [6.07, 6.45) is -0.0602. The van der Waals surface area contributed by atoms with E-state index in [9.17, 15) is 14.3 Å². The van der Waals surface area contributed by atoms with Crippen molar-refractivity contribution in [1.82, 2.24) is 5.32 Å². The highest BCUT2D eigenvalue weighted by Gasteiger charge is 2.26. The zero-order valence-electron chi connectivity index (χ0n) is 14.2. The van der Waals surface area contributed by atoms with Gasteiger partial charge in [0.15, 0.2) is 0 Å². The molecule has 0 aliphatic rings. The van der Waals surface area contributed by atoms with Gasteiger partial charge in [-0.1, -0.05) is 36.4 Å². The number of carbonyl (C=O) groups is 1. The number of nitrogens with zero attached hydrogens (tertiary/aromatic N) is 1. The van der Waals surface area contributed by atoms with Gasteiger partial charge in [-0.2, -0.15) is 0 Å². The number of aliphatic hydroxyl groups is 1. The molecule has 0 heterocycles. The second-order valence-corrected chi connectivity index (χ2v) is 6.27. The molecule has 0 aromatic heterocycles. The first kappa shape index (κ1) is 17.9. The number of amides is 1. The zero-order valence-corrected chi connectivity index (χ0v) is 14.2. The summed E-state index contributed by atoms with van der Waals surface area (Å²) >= 11 is 0. The van der Waals surface area contributed by atoms with Crippen molar-refractivity contribution in [2.24, 2.45) is 0 Å². The number of carbonyl (C=O) groups excluding carboxylic acids is 1. The van der Waals surface area contributed by atoms with E-state index in [1.165, 1.54) is 6.07 Å². The summed E-state index contributed by atoms with van der Waals surface area (Å²) in [4.78, 5) is 13.8. The molecule has 2 aromatic carbocycles. The van der Waals surface area contributed by atoms with Gasteiger partial charge in [-0.15, -0.1) is 0 Å². The zero-order chi connectivity index (χ0) is 17.7. The molecule has 24 heavy (non-hydrogen) atoms. The fourth-order valence-electron chi connectivity index (χ4n) is 2.50. The van der Waals surface area contributed by atoms with Crippen LogP contribution >= 0.6 is 0 Å². The van der Waals surface area contributed by atoms with Crippen LogP contribution in [0.5, 0.6) is 0 Å². The molecule has 2 N–H and O–H groups in total. The van der Waals surface area contributed by atoms with E-state index in [-0.39, 0.29) is 24.7 Å². The Bertz CT molecular complexity index is 700. The van der Waals surface area contributed by atoms with Gasteiger partial charge < -0.3 is 15.3 Å². The molecule has 128 valence electrons. The Morgan fingerprint density at radius 2 is 1.88 bits per heavy atom. The van der Waals surface area contributed by atoms with E-state index >= 15 is 0 Å². The number of nitrogens with one attached hydrogen (secondary N) is 1. The summed E-state index contributed by atoms with van der Waals surface area (Å²) in [5.41, 5.74) is 0.607. The lowest BCUT2D eigenvalue weighted by Gasteiger charge is -2.23. The molecule has 1 unspecified atom stereocenters. The summed E-state index contributed by atoms with van der Waals surface area (Å²) in [6.45, 7) is 1.82. The Hall–Kier alpha value is -2.40. The first-order chi connectivity index (χ1) is 11.3. The summed E-state index contributed by atoms with van der Waals surface area (Å²) in [5, 5.41) is 13.2. The van der Waals surface area contributed by atoms with Gasteiger partial charge in [0.25, 0.3) is 0 Å². The van der Waals surface area contributed by atoms with E-state index in [1.54, 1.807) is 50.2 Å². The Kier molecular flexibility index (Phi) is 5.57. The molecule has 0 saturated carbocycles. The van der Waals surface area contributed by atoms with Crippen LogP contribution in [-0.2, 0) is 16.9 Å². The number of anilines is 1. The highest BCUT2D eigenvalue weighted by Crippen LogP contribution is 2.24. The fraction of sp³-hybridized carbons (Fsp3) is 0.316. The first-order valence-electron chi connectivity index (χ1n) is 7.80. The standard InChI is InChI=1S/C19H23FN2O2/c1-19(24,15-7-5-4-6-8-15)12-18(23)21-13-14-9-10-17(22(2)3)16(20)11-14/h4-11,24H,12-13H2,1-3H3,(H,21,23). The van der Waals surface area contributed by atoms with E-state index in [4.69, 9.17) is 0 Å². The highest BCUT2D eigenvalue weighted by atomic mass is 19.1. The number of hydrogen-bond donors (Lipinski definition) is 2. The average Bonchev–Trinajstić information content (AvgIpc) is 2.53. The third-order valence-corrected chi connectivity index (χ3v) is 3.88. The number of rotatable bonds is 6. The lowest BCUT2D eigenvalue weighted by molar-refractivity contribution is -0.126. The Morgan fingerprint density at radius 1 is 1.21 bits per heavy atom. The lowest BCUT2D eigenvalue weighted by Crippen LogP contribution is -2.32. The van der Waals surface area contributed by atoms with Gasteiger partial charge in [0.2, 0.25) is 5.91 Å². The van der Waals surface area contributed by atoms with Crippen molar-refractivity contribution in [3.63, 3.8) is 0 Å². The van der Waals surface area contributed by atoms with Crippen molar-refractivity contribution in [2.45, 2.75) is 25.5 Å². The molecule has 0 aliphatic heterocycles. The Labute approximate surface area is 141 Å². The number of hydrogen-bond acceptors (Lipinski definition) is 3. The third-order valence-electron chi connectivity index (χ3n) is 3.88. The van der Waals surface area contributed by atoms with E-state index in [0.717, 1.165) is 0 Å². The monoisotopic (exact) mass is 330 g/mol. The predicted molar refractivity (Wildman–Crippen MR) is 93.2 cm³/mol. The average molecular weight is 330 g/mol. The number of halogens is 1. The van der Waals surface area contributed by atoms with E-state index < -0.39 is 5.60 Å². The van der Waals surface area contributed by atoms with Crippen LogP contribution in [0.3, 0.4) is 0 Å². The van der Waals surface area contributed by atoms with Crippen molar-refractivity contribution >= 4 is 11.6 Å². The van der Waals surface area contributed by atoms with Gasteiger partial charge in [-0.25, -0.2) is 4.39 Å². The largest absolute Gasteiger partial charge is 0.385 e. The normalized spacial score (nSPS) is 13.2. The molecule has 0 aliphatic carbocycles. The van der Waals surface area contributed by atoms with Crippen molar-refractivity contribution in [3.05, 3.63) is 65.5 Å². The molecule has 0 fully saturated rings. The van der Waals surface area contributed by atoms with E-state index in [1.807, 2.05) is 18.2 Å². The van der Waals surface area contributed by atoms with Gasteiger partial charge >= 0.3 is 0 Å². The molecular weight excluding hydrogens is 307 g/mol. The van der Waals surface area contributed by atoms with Crippen LogP contribution < -0.4 is 10.2 Å². The molecule has 0 bridgehead atoms. The predicted octanol–water partition coefficient (Wildman–Crippen LogP) is 2.81. The van der Waals surface area contributed by atoms with Crippen LogP contribution in [0.1, 0.15) is 24.5 Å². The lowest BCUT2D eigenvalue weighted by atomic mass is 9.92. The van der Waals surface area contributed by atoms with Crippen LogP contribution in [0.4, 0.5) is 10.1 Å². The molecule has 0 saturated heterocycles. The second kappa shape index (κ2) is 7.45. The minimum Gasteiger partial charge on any atom is -0.385 e. The van der Waals surface area contributed by atoms with Crippen molar-refractivity contribution in [3.8, 4) is 0 Å². The maximum atomic E-state index is 13.9. The molecule has 5 heteroatoms. The van der Waals surface area contributed by atoms with Crippen LogP contribution in [0.15, 0.2) is 48.5 Å². The van der Waals surface area contributed by atoms with Gasteiger partial charge in [0.05, 0.1) is 17.7 Å². The van der Waals surface area contributed by atoms with Gasteiger partial charge in [-0.3, -0.25) is 4.79 Å². The summed E-state index contributed by atoms with van der Waals surface area (Å²) in [7, 11) is 3.54. The van der Waals surface area contributed by atoms with Crippen LogP contribution in [0.25, 0.3) is 0 Å². The Balaban J connectivity index is 1.95. The van der Waals surface area contributed by atoms with Gasteiger partial charge in [0, 0.05) is 20.6 Å². The highest BCUT2D eigenvalue weighted by molar-refractivity contribution is 5.77. The molecule has 0 radical (unpaired) electrons. The molecule has 0 spiro atoms. The van der Waals surface area contributed by atoms with Crippen LogP contribution in [-0.4, -0.2) is 25.1 Å². The van der Waals surface area contributed by atoms with Gasteiger partial charge in [0.1, 0.15) is 5.82 Å². The summed E-state index contributed by atoms with van der Waals surface area (Å²) in [5.74, 6) is -0.621. The van der Waals surface area contributed by atoms with Crippen LogP contribution in [0.2, 0.25) is 0 Å². The molecule has 4 nitrogen and oxygen atoms in total. The van der Waals surface area contributed by atoms with Crippen molar-refractivity contribution < 1.29 is 14.3 Å². The van der Waals surface area contributed by atoms with Crippen LogP contribution in [0, 0.1) is 5.82 Å². The SMILES string of the molecule is CN(C)c1ccc(CNC(=O)CC(C)(O)c2ccccc2)cc1F. The van der Waals surface area contributed by atoms with Gasteiger partial charge in [-0.05, 0) is 30.2 Å². The van der Waals surface area contributed by atoms with Crippen molar-refractivity contribution in [1.29, 1.82) is 0 Å². The minimum atomic E-state index is -1.24. The number of benzene rings is 2. The second-order valence-electron chi connectivity index (χ2n) is 6.27. The maximum Gasteiger partial charge on any atom is 0.223 e. The smallest absolute Gasteiger partial charge is 0.223 e. The molecule has 1 amide bonds. The minimum absolute atomic E-state index is 0.0602. The quantitative estimate of drug-likeness (QED) is 0.856. The molecule has 1 atom stereocenters. The fourth-order valence-corrected chi connectivity index (χ4v) is 2.50. The topological polar surface area (TPSA) is 52.6 Å². The summed E-state index contributed by atoms with van der Waals surface area (Å²) < 4.78 is 13.9. The van der Waals surface area contributed by atoms with E-state index in [2.05, 4.69) is 5.32 Å².